The normalized spacial score (nSPS) is 11.8. The molecule has 0 saturated heterocycles. The zero-order valence-electron chi connectivity index (χ0n) is 17.3. The predicted octanol–water partition coefficient (Wildman–Crippen LogP) is 7.91. The third-order valence-electron chi connectivity index (χ3n) is 6.46. The molecule has 32 heavy (non-hydrogen) atoms. The van der Waals surface area contributed by atoms with Gasteiger partial charge in [-0.05, 0) is 56.1 Å². The summed E-state index contributed by atoms with van der Waals surface area (Å²) in [5, 5.41) is 9.75. The Morgan fingerprint density at radius 3 is 2.09 bits per heavy atom. The second-order valence-corrected chi connectivity index (χ2v) is 8.29. The van der Waals surface area contributed by atoms with Crippen molar-refractivity contribution in [2.45, 2.75) is 0 Å². The molecule has 0 fully saturated rings. The first kappa shape index (κ1) is 17.4. The van der Waals surface area contributed by atoms with Crippen molar-refractivity contribution in [2.24, 2.45) is 0 Å². The van der Waals surface area contributed by atoms with Crippen molar-refractivity contribution in [3.8, 4) is 11.1 Å². The lowest BCUT2D eigenvalue weighted by Crippen LogP contribution is -1.90. The molecule has 0 bridgehead atoms. The molecule has 0 aliphatic carbocycles. The lowest BCUT2D eigenvalue weighted by Gasteiger charge is -2.15. The number of rotatable bonds is 1. The number of benzene rings is 5. The van der Waals surface area contributed by atoms with E-state index >= 15 is 0 Å². The van der Waals surface area contributed by atoms with Gasteiger partial charge in [-0.15, -0.1) is 0 Å². The van der Waals surface area contributed by atoms with Crippen LogP contribution in [0.5, 0.6) is 0 Å². The van der Waals surface area contributed by atoms with Crippen LogP contribution in [0.25, 0.3) is 65.3 Å². The summed E-state index contributed by atoms with van der Waals surface area (Å²) in [7, 11) is 0. The maximum Gasteiger partial charge on any atom is 0.0964 e. The Bertz CT molecular complexity index is 1830. The molecule has 0 spiro atoms. The molecule has 7 aromatic rings. The molecule has 2 aromatic heterocycles. The zero-order chi connectivity index (χ0) is 21.1. The summed E-state index contributed by atoms with van der Waals surface area (Å²) >= 11 is 0. The van der Waals surface area contributed by atoms with Crippen LogP contribution < -0.4 is 0 Å². The van der Waals surface area contributed by atoms with E-state index in [0.717, 1.165) is 27.4 Å². The van der Waals surface area contributed by atoms with Crippen molar-refractivity contribution >= 4 is 54.1 Å². The first-order valence-electron chi connectivity index (χ1n) is 10.8. The van der Waals surface area contributed by atoms with Gasteiger partial charge in [-0.2, -0.15) is 0 Å². The number of nitrogens with zero attached hydrogens (tertiary/aromatic N) is 2. The highest BCUT2D eigenvalue weighted by molar-refractivity contribution is 6.22. The van der Waals surface area contributed by atoms with Crippen molar-refractivity contribution < 1.29 is 0 Å². The average Bonchev–Trinajstić information content (AvgIpc) is 2.86. The standard InChI is InChI=1S/C30H18N2/c1-3-9-25-19(6-1)11-13-22-16-21-7-2-4-10-26(21)28(27(22)25)24-17-23-14-12-20-8-5-15-31-29(20)30(23)32-18-24/h1-18H. The summed E-state index contributed by atoms with van der Waals surface area (Å²) in [6, 6.07) is 34.6. The highest BCUT2D eigenvalue weighted by Crippen LogP contribution is 2.40. The third-order valence-corrected chi connectivity index (χ3v) is 6.46. The molecule has 0 unspecified atom stereocenters. The SMILES string of the molecule is c1ccc2c(-c3cnc4c(ccc5cccnc54)c3)c3c(ccc4ccccc43)cc2c1. The fourth-order valence-corrected chi connectivity index (χ4v) is 5.01. The van der Waals surface area contributed by atoms with Crippen LogP contribution in [-0.2, 0) is 0 Å². The summed E-state index contributed by atoms with van der Waals surface area (Å²) in [6.07, 6.45) is 3.85. The van der Waals surface area contributed by atoms with Gasteiger partial charge < -0.3 is 0 Å². The Morgan fingerprint density at radius 1 is 0.469 bits per heavy atom. The minimum atomic E-state index is 0.946. The van der Waals surface area contributed by atoms with Crippen LogP contribution in [0, 0.1) is 0 Å². The van der Waals surface area contributed by atoms with Crippen molar-refractivity contribution in [1.29, 1.82) is 0 Å². The van der Waals surface area contributed by atoms with Gasteiger partial charge in [0.2, 0.25) is 0 Å². The number of aromatic nitrogens is 2. The predicted molar refractivity (Wildman–Crippen MR) is 135 cm³/mol. The van der Waals surface area contributed by atoms with Crippen LogP contribution in [0.2, 0.25) is 0 Å². The van der Waals surface area contributed by atoms with Crippen LogP contribution in [0.3, 0.4) is 0 Å². The molecule has 0 aliphatic heterocycles. The molecule has 0 atom stereocenters. The molecular formula is C30H18N2. The maximum atomic E-state index is 4.92. The number of pyridine rings is 2. The molecule has 2 heterocycles. The van der Waals surface area contributed by atoms with E-state index in [1.807, 2.05) is 18.5 Å². The molecule has 0 aliphatic rings. The molecule has 5 aromatic carbocycles. The smallest absolute Gasteiger partial charge is 0.0964 e. The maximum absolute atomic E-state index is 4.92. The van der Waals surface area contributed by atoms with Crippen LogP contribution in [-0.4, -0.2) is 9.97 Å². The van der Waals surface area contributed by atoms with Gasteiger partial charge in [-0.1, -0.05) is 78.9 Å². The topological polar surface area (TPSA) is 25.8 Å². The number of hydrogen-bond acceptors (Lipinski definition) is 2. The second-order valence-electron chi connectivity index (χ2n) is 8.29. The molecule has 148 valence electrons. The van der Waals surface area contributed by atoms with E-state index in [-0.39, 0.29) is 0 Å². The molecule has 0 saturated carbocycles. The van der Waals surface area contributed by atoms with Crippen LogP contribution in [0.1, 0.15) is 0 Å². The van der Waals surface area contributed by atoms with E-state index in [1.54, 1.807) is 0 Å². The van der Waals surface area contributed by atoms with Crippen molar-refractivity contribution in [3.63, 3.8) is 0 Å². The van der Waals surface area contributed by atoms with Crippen LogP contribution in [0.15, 0.2) is 109 Å². The molecule has 0 radical (unpaired) electrons. The fraction of sp³-hybridized carbons (Fsp3) is 0. The average molecular weight is 406 g/mol. The van der Waals surface area contributed by atoms with Gasteiger partial charge in [0.25, 0.3) is 0 Å². The summed E-state index contributed by atoms with van der Waals surface area (Å²) in [4.78, 5) is 9.51. The van der Waals surface area contributed by atoms with Crippen LogP contribution in [0.4, 0.5) is 0 Å². The first-order chi connectivity index (χ1) is 15.9. The van der Waals surface area contributed by atoms with Gasteiger partial charge in [0.15, 0.2) is 0 Å². The van der Waals surface area contributed by atoms with E-state index in [1.165, 1.54) is 37.9 Å². The molecule has 2 nitrogen and oxygen atoms in total. The van der Waals surface area contributed by atoms with E-state index in [0.29, 0.717) is 0 Å². The molecule has 2 heteroatoms. The Kier molecular flexibility index (Phi) is 3.58. The highest BCUT2D eigenvalue weighted by atomic mass is 14.7. The number of fused-ring (bicyclic) bond motifs is 7. The van der Waals surface area contributed by atoms with E-state index < -0.39 is 0 Å². The minimum Gasteiger partial charge on any atom is -0.254 e. The van der Waals surface area contributed by atoms with Gasteiger partial charge in [0.1, 0.15) is 0 Å². The van der Waals surface area contributed by atoms with Gasteiger partial charge >= 0.3 is 0 Å². The molecule has 0 N–H and O–H groups in total. The first-order valence-corrected chi connectivity index (χ1v) is 10.8. The van der Waals surface area contributed by atoms with Gasteiger partial charge in [-0.3, -0.25) is 9.97 Å². The number of hydrogen-bond donors (Lipinski definition) is 0. The van der Waals surface area contributed by atoms with Crippen molar-refractivity contribution in [3.05, 3.63) is 109 Å². The van der Waals surface area contributed by atoms with E-state index in [9.17, 15) is 0 Å². The molecule has 0 amide bonds. The van der Waals surface area contributed by atoms with E-state index in [4.69, 9.17) is 4.98 Å². The van der Waals surface area contributed by atoms with E-state index in [2.05, 4.69) is 96.0 Å². The second kappa shape index (κ2) is 6.60. The van der Waals surface area contributed by atoms with Gasteiger partial charge in [-0.25, -0.2) is 0 Å². The molecular weight excluding hydrogens is 388 g/mol. The minimum absolute atomic E-state index is 0.946. The quantitative estimate of drug-likeness (QED) is 0.204. The highest BCUT2D eigenvalue weighted by Gasteiger charge is 2.14. The Labute approximate surface area is 184 Å². The summed E-state index contributed by atoms with van der Waals surface area (Å²) in [5.41, 5.74) is 4.27. The fourth-order valence-electron chi connectivity index (χ4n) is 5.01. The van der Waals surface area contributed by atoms with Gasteiger partial charge in [0.05, 0.1) is 11.0 Å². The lowest BCUT2D eigenvalue weighted by atomic mass is 9.89. The Hall–Kier alpha value is -4.30. The monoisotopic (exact) mass is 406 g/mol. The summed E-state index contributed by atoms with van der Waals surface area (Å²) in [5.74, 6) is 0. The van der Waals surface area contributed by atoms with Crippen LogP contribution >= 0.6 is 0 Å². The summed E-state index contributed by atoms with van der Waals surface area (Å²) in [6.45, 7) is 0. The Balaban J connectivity index is 1.65. The zero-order valence-corrected chi connectivity index (χ0v) is 17.3. The Morgan fingerprint density at radius 2 is 1.16 bits per heavy atom. The third kappa shape index (κ3) is 2.47. The largest absolute Gasteiger partial charge is 0.254 e. The van der Waals surface area contributed by atoms with Crippen molar-refractivity contribution in [2.75, 3.05) is 0 Å². The van der Waals surface area contributed by atoms with Crippen molar-refractivity contribution in [1.82, 2.24) is 9.97 Å². The van der Waals surface area contributed by atoms with Gasteiger partial charge in [0, 0.05) is 28.7 Å². The lowest BCUT2D eigenvalue weighted by molar-refractivity contribution is 1.38. The molecule has 7 rings (SSSR count). The summed E-state index contributed by atoms with van der Waals surface area (Å²) < 4.78 is 0.